The number of nitrogens with zero attached hydrogens (tertiary/aromatic N) is 4. The summed E-state index contributed by atoms with van der Waals surface area (Å²) in [6.07, 6.45) is 5.11. The highest BCUT2D eigenvalue weighted by molar-refractivity contribution is 7.15. The maximum absolute atomic E-state index is 13.8. The fraction of sp³-hybridized carbons (Fsp3) is 0.333. The molecule has 0 spiro atoms. The topological polar surface area (TPSA) is 84.7 Å². The molecule has 1 fully saturated rings. The lowest BCUT2D eigenvalue weighted by Gasteiger charge is -2.36. The largest absolute Gasteiger partial charge is 0.317 e. The van der Waals surface area contributed by atoms with Crippen molar-refractivity contribution in [2.24, 2.45) is 0 Å². The van der Waals surface area contributed by atoms with E-state index in [0.29, 0.717) is 35.0 Å². The number of halogens is 2. The number of hydrogen-bond acceptors (Lipinski definition) is 6. The number of carbonyl (C=O) groups is 1. The molecule has 0 radical (unpaired) electrons. The van der Waals surface area contributed by atoms with Gasteiger partial charge >= 0.3 is 0 Å². The number of amides is 1. The molecule has 1 saturated heterocycles. The summed E-state index contributed by atoms with van der Waals surface area (Å²) < 4.78 is 15.5. The molecule has 1 aliphatic heterocycles. The Balaban J connectivity index is 0.00000225. The van der Waals surface area contributed by atoms with Gasteiger partial charge in [-0.3, -0.25) is 14.8 Å². The molecule has 0 atom stereocenters. The molecule has 0 aliphatic carbocycles. The SMILES string of the molecule is Cl.O=C(Nc1nnc(Cc2ccccc2F)s1)C1(n2cccn2)CCNCC1. The average molecular weight is 423 g/mol. The highest BCUT2D eigenvalue weighted by Crippen LogP contribution is 2.29. The molecule has 2 aromatic heterocycles. The van der Waals surface area contributed by atoms with Crippen LogP contribution >= 0.6 is 23.7 Å². The van der Waals surface area contributed by atoms with E-state index >= 15 is 0 Å². The van der Waals surface area contributed by atoms with Crippen LogP contribution in [0.2, 0.25) is 0 Å². The third kappa shape index (κ3) is 4.06. The third-order valence-electron chi connectivity index (χ3n) is 4.78. The Morgan fingerprint density at radius 1 is 1.25 bits per heavy atom. The van der Waals surface area contributed by atoms with Crippen LogP contribution in [0.5, 0.6) is 0 Å². The van der Waals surface area contributed by atoms with Crippen molar-refractivity contribution in [1.82, 2.24) is 25.3 Å². The molecule has 1 aromatic carbocycles. The number of benzene rings is 1. The van der Waals surface area contributed by atoms with E-state index in [1.165, 1.54) is 17.4 Å². The summed E-state index contributed by atoms with van der Waals surface area (Å²) in [6.45, 7) is 1.48. The average Bonchev–Trinajstić information content (AvgIpc) is 3.37. The molecule has 2 N–H and O–H groups in total. The third-order valence-corrected chi connectivity index (χ3v) is 5.62. The van der Waals surface area contributed by atoms with Crippen LogP contribution in [0, 0.1) is 5.82 Å². The van der Waals surface area contributed by atoms with Crippen molar-refractivity contribution in [3.05, 3.63) is 59.1 Å². The van der Waals surface area contributed by atoms with E-state index in [1.807, 2.05) is 12.3 Å². The first kappa shape index (κ1) is 20.4. The van der Waals surface area contributed by atoms with Crippen LogP contribution in [-0.2, 0) is 16.8 Å². The summed E-state index contributed by atoms with van der Waals surface area (Å²) in [4.78, 5) is 13.1. The van der Waals surface area contributed by atoms with Gasteiger partial charge in [0.05, 0.1) is 0 Å². The molecule has 10 heteroatoms. The predicted molar refractivity (Wildman–Crippen MR) is 107 cm³/mol. The van der Waals surface area contributed by atoms with E-state index in [4.69, 9.17) is 0 Å². The Labute approximate surface area is 171 Å². The van der Waals surface area contributed by atoms with Crippen molar-refractivity contribution in [3.63, 3.8) is 0 Å². The lowest BCUT2D eigenvalue weighted by atomic mass is 9.87. The molecule has 0 bridgehead atoms. The minimum Gasteiger partial charge on any atom is -0.317 e. The van der Waals surface area contributed by atoms with E-state index in [-0.39, 0.29) is 24.1 Å². The monoisotopic (exact) mass is 422 g/mol. The number of hydrogen-bond donors (Lipinski definition) is 2. The molecular weight excluding hydrogens is 403 g/mol. The normalized spacial score (nSPS) is 15.6. The summed E-state index contributed by atoms with van der Waals surface area (Å²) in [6, 6.07) is 8.39. The quantitative estimate of drug-likeness (QED) is 0.660. The van der Waals surface area contributed by atoms with Crippen molar-refractivity contribution in [2.75, 3.05) is 18.4 Å². The minimum absolute atomic E-state index is 0. The van der Waals surface area contributed by atoms with Crippen LogP contribution in [0.1, 0.15) is 23.4 Å². The van der Waals surface area contributed by atoms with Crippen LogP contribution in [0.15, 0.2) is 42.7 Å². The molecule has 0 saturated carbocycles. The number of rotatable bonds is 5. The van der Waals surface area contributed by atoms with Gasteiger partial charge in [0.25, 0.3) is 5.91 Å². The zero-order valence-electron chi connectivity index (χ0n) is 15.0. The van der Waals surface area contributed by atoms with Gasteiger partial charge in [-0.2, -0.15) is 5.10 Å². The smallest absolute Gasteiger partial charge is 0.254 e. The molecule has 28 heavy (non-hydrogen) atoms. The zero-order valence-corrected chi connectivity index (χ0v) is 16.6. The van der Waals surface area contributed by atoms with Crippen LogP contribution < -0.4 is 10.6 Å². The number of carbonyl (C=O) groups excluding carboxylic acids is 1. The van der Waals surface area contributed by atoms with Crippen molar-refractivity contribution in [3.8, 4) is 0 Å². The van der Waals surface area contributed by atoms with Gasteiger partial charge in [-0.25, -0.2) is 4.39 Å². The lowest BCUT2D eigenvalue weighted by molar-refractivity contribution is -0.126. The molecule has 148 valence electrons. The van der Waals surface area contributed by atoms with Crippen LogP contribution in [0.3, 0.4) is 0 Å². The molecule has 1 amide bonds. The molecule has 3 heterocycles. The Bertz CT molecular complexity index is 926. The number of nitrogens with one attached hydrogen (secondary N) is 2. The highest BCUT2D eigenvalue weighted by Gasteiger charge is 2.42. The first-order valence-electron chi connectivity index (χ1n) is 8.75. The Hall–Kier alpha value is -2.36. The second kappa shape index (κ2) is 8.76. The molecular formula is C18H20ClFN6OS. The number of piperidine rings is 1. The van der Waals surface area contributed by atoms with E-state index < -0.39 is 5.54 Å². The summed E-state index contributed by atoms with van der Waals surface area (Å²) in [5.41, 5.74) is -0.190. The van der Waals surface area contributed by atoms with Crippen LogP contribution in [-0.4, -0.2) is 39.0 Å². The minimum atomic E-state index is -0.744. The summed E-state index contributed by atoms with van der Waals surface area (Å²) >= 11 is 1.26. The van der Waals surface area contributed by atoms with Crippen LogP contribution in [0.4, 0.5) is 9.52 Å². The second-order valence-electron chi connectivity index (χ2n) is 6.46. The van der Waals surface area contributed by atoms with Gasteiger partial charge in [-0.05, 0) is 43.6 Å². The Morgan fingerprint density at radius 3 is 2.75 bits per heavy atom. The first-order valence-corrected chi connectivity index (χ1v) is 9.57. The number of aromatic nitrogens is 4. The Kier molecular flexibility index (Phi) is 6.38. The van der Waals surface area contributed by atoms with Gasteiger partial charge in [0.1, 0.15) is 16.4 Å². The van der Waals surface area contributed by atoms with Gasteiger partial charge in [-0.1, -0.05) is 29.5 Å². The van der Waals surface area contributed by atoms with Gasteiger partial charge in [-0.15, -0.1) is 22.6 Å². The summed E-state index contributed by atoms with van der Waals surface area (Å²) in [5.74, 6) is -0.424. The maximum atomic E-state index is 13.8. The van der Waals surface area contributed by atoms with E-state index in [9.17, 15) is 9.18 Å². The van der Waals surface area contributed by atoms with Gasteiger partial charge in [0.2, 0.25) is 5.13 Å². The maximum Gasteiger partial charge on any atom is 0.254 e. The Morgan fingerprint density at radius 2 is 2.04 bits per heavy atom. The standard InChI is InChI=1S/C18H19FN6OS.ClH/c19-14-5-2-1-4-13(14)12-15-23-24-17(27-15)22-16(26)18(6-9-20-10-7-18)25-11-3-8-21-25;/h1-5,8,11,20H,6-7,9-10,12H2,(H,22,24,26);1H. The van der Waals surface area contributed by atoms with Crippen LogP contribution in [0.25, 0.3) is 0 Å². The van der Waals surface area contributed by atoms with Crippen molar-refractivity contribution in [2.45, 2.75) is 24.8 Å². The fourth-order valence-electron chi connectivity index (χ4n) is 3.32. The molecule has 4 rings (SSSR count). The van der Waals surface area contributed by atoms with E-state index in [2.05, 4.69) is 25.9 Å². The molecule has 3 aromatic rings. The van der Waals surface area contributed by atoms with Crippen molar-refractivity contribution >= 4 is 34.8 Å². The number of anilines is 1. The summed E-state index contributed by atoms with van der Waals surface area (Å²) in [7, 11) is 0. The van der Waals surface area contributed by atoms with Gasteiger partial charge < -0.3 is 5.32 Å². The van der Waals surface area contributed by atoms with E-state index in [0.717, 1.165) is 13.1 Å². The molecule has 0 unspecified atom stereocenters. The fourth-order valence-corrected chi connectivity index (χ4v) is 4.07. The van der Waals surface area contributed by atoms with Crippen molar-refractivity contribution in [1.29, 1.82) is 0 Å². The van der Waals surface area contributed by atoms with E-state index in [1.54, 1.807) is 29.1 Å². The highest BCUT2D eigenvalue weighted by atomic mass is 35.5. The zero-order chi connectivity index (χ0) is 18.7. The van der Waals surface area contributed by atoms with Crippen molar-refractivity contribution < 1.29 is 9.18 Å². The van der Waals surface area contributed by atoms with Gasteiger partial charge in [0, 0.05) is 18.8 Å². The lowest BCUT2D eigenvalue weighted by Crippen LogP contribution is -2.52. The predicted octanol–water partition coefficient (Wildman–Crippen LogP) is 2.60. The summed E-state index contributed by atoms with van der Waals surface area (Å²) in [5, 5.41) is 19.7. The molecule has 7 nitrogen and oxygen atoms in total. The van der Waals surface area contributed by atoms with Gasteiger partial charge in [0.15, 0.2) is 0 Å². The molecule has 1 aliphatic rings. The first-order chi connectivity index (χ1) is 13.2. The second-order valence-corrected chi connectivity index (χ2v) is 7.52.